The van der Waals surface area contributed by atoms with Gasteiger partial charge in [-0.3, -0.25) is 4.79 Å². The summed E-state index contributed by atoms with van der Waals surface area (Å²) in [6.45, 7) is 0. The van der Waals surface area contributed by atoms with Gasteiger partial charge in [0.1, 0.15) is 0 Å². The van der Waals surface area contributed by atoms with Crippen molar-refractivity contribution < 1.29 is 9.47 Å². The van der Waals surface area contributed by atoms with Gasteiger partial charge in [-0.1, -0.05) is 18.2 Å². The maximum Gasteiger partial charge on any atom is 0.206 e. The molecule has 2 aromatic carbocycles. The molecule has 0 unspecified atom stereocenters. The van der Waals surface area contributed by atoms with Crippen LogP contribution in [-0.4, -0.2) is 18.8 Å². The average molecular weight is 269 g/mol. The number of para-hydroxylation sites is 1. The highest BCUT2D eigenvalue weighted by molar-refractivity contribution is 6.08. The summed E-state index contributed by atoms with van der Waals surface area (Å²) < 4.78 is 12.5. The Labute approximate surface area is 116 Å². The Morgan fingerprint density at radius 3 is 2.30 bits per heavy atom. The van der Waals surface area contributed by atoms with Gasteiger partial charge >= 0.3 is 0 Å². The Morgan fingerprint density at radius 1 is 0.950 bits per heavy atom. The van der Waals surface area contributed by atoms with E-state index in [0.717, 1.165) is 16.3 Å². The number of nitrogens with zero attached hydrogens (tertiary/aromatic N) is 1. The van der Waals surface area contributed by atoms with E-state index in [0.29, 0.717) is 17.0 Å². The van der Waals surface area contributed by atoms with Gasteiger partial charge in [-0.2, -0.15) is 0 Å². The lowest BCUT2D eigenvalue weighted by Gasteiger charge is -2.02. The standard InChI is InChI=1S/C16H15NO3/c1-17-12-7-5-4-6-10(12)11-8-14(19-2)15(20-3)9-13(18)16(11)17/h4-9H,1-3H3. The van der Waals surface area contributed by atoms with Crippen molar-refractivity contribution in [1.29, 1.82) is 0 Å². The third-order valence-corrected chi connectivity index (χ3v) is 3.60. The van der Waals surface area contributed by atoms with Crippen LogP contribution in [0.4, 0.5) is 0 Å². The fraction of sp³-hybridized carbons (Fsp3) is 0.188. The number of rotatable bonds is 2. The van der Waals surface area contributed by atoms with E-state index in [1.54, 1.807) is 7.11 Å². The van der Waals surface area contributed by atoms with Crippen LogP contribution in [0.1, 0.15) is 0 Å². The van der Waals surface area contributed by atoms with Gasteiger partial charge < -0.3 is 14.0 Å². The Morgan fingerprint density at radius 2 is 1.60 bits per heavy atom. The summed E-state index contributed by atoms with van der Waals surface area (Å²) in [6.07, 6.45) is 0. The summed E-state index contributed by atoms with van der Waals surface area (Å²) in [5.74, 6) is 0.994. The Hall–Kier alpha value is -2.49. The molecule has 0 saturated heterocycles. The Kier molecular flexibility index (Phi) is 2.86. The first kappa shape index (κ1) is 12.5. The minimum Gasteiger partial charge on any atom is -0.493 e. The van der Waals surface area contributed by atoms with Crippen LogP contribution >= 0.6 is 0 Å². The lowest BCUT2D eigenvalue weighted by molar-refractivity contribution is 0.356. The third-order valence-electron chi connectivity index (χ3n) is 3.60. The first-order valence-corrected chi connectivity index (χ1v) is 6.31. The summed E-state index contributed by atoms with van der Waals surface area (Å²) in [4.78, 5) is 12.5. The second-order valence-electron chi connectivity index (χ2n) is 4.63. The number of fused-ring (bicyclic) bond motifs is 3. The van der Waals surface area contributed by atoms with E-state index < -0.39 is 0 Å². The number of hydrogen-bond donors (Lipinski definition) is 0. The molecule has 20 heavy (non-hydrogen) atoms. The van der Waals surface area contributed by atoms with Crippen LogP contribution in [-0.2, 0) is 7.05 Å². The quantitative estimate of drug-likeness (QED) is 0.718. The Bertz CT molecular complexity index is 865. The number of aromatic nitrogens is 1. The smallest absolute Gasteiger partial charge is 0.206 e. The summed E-state index contributed by atoms with van der Waals surface area (Å²) >= 11 is 0. The molecule has 1 aromatic heterocycles. The zero-order chi connectivity index (χ0) is 14.3. The van der Waals surface area contributed by atoms with E-state index >= 15 is 0 Å². The average Bonchev–Trinajstić information content (AvgIpc) is 2.66. The molecule has 0 N–H and O–H groups in total. The molecule has 0 aliphatic carbocycles. The fourth-order valence-corrected chi connectivity index (χ4v) is 2.65. The molecule has 3 aromatic rings. The minimum atomic E-state index is -0.0844. The van der Waals surface area contributed by atoms with E-state index in [4.69, 9.17) is 9.47 Å². The van der Waals surface area contributed by atoms with Crippen molar-refractivity contribution in [2.24, 2.45) is 7.05 Å². The van der Waals surface area contributed by atoms with Crippen LogP contribution in [0.3, 0.4) is 0 Å². The second-order valence-corrected chi connectivity index (χ2v) is 4.63. The van der Waals surface area contributed by atoms with E-state index in [1.807, 2.05) is 41.9 Å². The highest BCUT2D eigenvalue weighted by atomic mass is 16.5. The molecule has 0 bridgehead atoms. The summed E-state index contributed by atoms with van der Waals surface area (Å²) in [7, 11) is 4.99. The van der Waals surface area contributed by atoms with Crippen LogP contribution in [0.5, 0.6) is 11.5 Å². The van der Waals surface area contributed by atoms with Gasteiger partial charge in [0.05, 0.1) is 19.7 Å². The molecule has 0 aliphatic rings. The van der Waals surface area contributed by atoms with Crippen LogP contribution in [0.25, 0.3) is 21.8 Å². The van der Waals surface area contributed by atoms with Crippen molar-refractivity contribution in [2.45, 2.75) is 0 Å². The summed E-state index contributed by atoms with van der Waals surface area (Å²) in [6, 6.07) is 11.3. The van der Waals surface area contributed by atoms with Gasteiger partial charge in [-0.25, -0.2) is 0 Å². The number of ether oxygens (including phenoxy) is 2. The highest BCUT2D eigenvalue weighted by Gasteiger charge is 2.13. The monoisotopic (exact) mass is 269 g/mol. The molecule has 4 heteroatoms. The van der Waals surface area contributed by atoms with Gasteiger partial charge in [0.2, 0.25) is 5.43 Å². The topological polar surface area (TPSA) is 40.5 Å². The lowest BCUT2D eigenvalue weighted by atomic mass is 10.2. The van der Waals surface area contributed by atoms with Crippen molar-refractivity contribution in [3.8, 4) is 11.5 Å². The molecule has 0 spiro atoms. The molecular weight excluding hydrogens is 254 g/mol. The van der Waals surface area contributed by atoms with Crippen LogP contribution in [0.15, 0.2) is 41.2 Å². The van der Waals surface area contributed by atoms with E-state index in [9.17, 15) is 4.79 Å². The maximum absolute atomic E-state index is 12.5. The first-order chi connectivity index (χ1) is 9.67. The first-order valence-electron chi connectivity index (χ1n) is 6.31. The number of aryl methyl sites for hydroxylation is 1. The maximum atomic E-state index is 12.5. The zero-order valence-corrected chi connectivity index (χ0v) is 11.6. The molecular formula is C16H15NO3. The van der Waals surface area contributed by atoms with Crippen LogP contribution in [0.2, 0.25) is 0 Å². The lowest BCUT2D eigenvalue weighted by Crippen LogP contribution is -2.02. The summed E-state index contributed by atoms with van der Waals surface area (Å²) in [5, 5.41) is 1.90. The van der Waals surface area contributed by atoms with E-state index in [1.165, 1.54) is 13.2 Å². The van der Waals surface area contributed by atoms with Gasteiger partial charge in [-0.15, -0.1) is 0 Å². The normalized spacial score (nSPS) is 10.9. The van der Waals surface area contributed by atoms with E-state index in [-0.39, 0.29) is 5.43 Å². The van der Waals surface area contributed by atoms with Crippen LogP contribution in [0, 0.1) is 0 Å². The molecule has 0 amide bonds. The number of methoxy groups -OCH3 is 2. The van der Waals surface area contributed by atoms with Gasteiger partial charge in [0, 0.05) is 29.4 Å². The highest BCUT2D eigenvalue weighted by Crippen LogP contribution is 2.32. The van der Waals surface area contributed by atoms with Crippen molar-refractivity contribution in [3.63, 3.8) is 0 Å². The number of hydrogen-bond acceptors (Lipinski definition) is 3. The van der Waals surface area contributed by atoms with Gasteiger partial charge in [0.15, 0.2) is 11.5 Å². The van der Waals surface area contributed by atoms with Crippen molar-refractivity contribution in [3.05, 3.63) is 46.6 Å². The minimum absolute atomic E-state index is 0.0844. The molecule has 3 rings (SSSR count). The molecule has 4 nitrogen and oxygen atoms in total. The Balaban J connectivity index is 2.62. The molecule has 0 radical (unpaired) electrons. The SMILES string of the molecule is COc1cc(=O)c2c(cc1OC)c1ccccc1n2C. The zero-order valence-electron chi connectivity index (χ0n) is 11.6. The van der Waals surface area contributed by atoms with Crippen molar-refractivity contribution in [1.82, 2.24) is 4.57 Å². The third kappa shape index (κ3) is 1.65. The largest absolute Gasteiger partial charge is 0.493 e. The molecule has 0 aliphatic heterocycles. The van der Waals surface area contributed by atoms with Crippen LogP contribution < -0.4 is 14.9 Å². The molecule has 1 heterocycles. The predicted octanol–water partition coefficient (Wildman–Crippen LogP) is 2.71. The van der Waals surface area contributed by atoms with E-state index in [2.05, 4.69) is 0 Å². The van der Waals surface area contributed by atoms with Crippen molar-refractivity contribution in [2.75, 3.05) is 14.2 Å². The summed E-state index contributed by atoms with van der Waals surface area (Å²) in [5.41, 5.74) is 1.58. The molecule has 0 atom stereocenters. The predicted molar refractivity (Wildman–Crippen MR) is 79.8 cm³/mol. The van der Waals surface area contributed by atoms with Gasteiger partial charge in [0.25, 0.3) is 0 Å². The number of benzene rings is 1. The fourth-order valence-electron chi connectivity index (χ4n) is 2.65. The van der Waals surface area contributed by atoms with Gasteiger partial charge in [-0.05, 0) is 12.1 Å². The second kappa shape index (κ2) is 4.56. The molecule has 0 saturated carbocycles. The van der Waals surface area contributed by atoms with Crippen molar-refractivity contribution >= 4 is 21.8 Å². The molecule has 0 fully saturated rings. The molecule has 102 valence electrons.